The zero-order valence-electron chi connectivity index (χ0n) is 19.5. The molecule has 4 rings (SSSR count). The van der Waals surface area contributed by atoms with Crippen molar-refractivity contribution in [3.05, 3.63) is 80.9 Å². The van der Waals surface area contributed by atoms with Crippen LogP contribution in [0.3, 0.4) is 0 Å². The van der Waals surface area contributed by atoms with Crippen molar-refractivity contribution >= 4 is 33.2 Å². The Balaban J connectivity index is 1.34. The first-order chi connectivity index (χ1) is 16.9. The summed E-state index contributed by atoms with van der Waals surface area (Å²) in [5.41, 5.74) is 10.6. The molecule has 1 fully saturated rings. The van der Waals surface area contributed by atoms with Crippen LogP contribution in [0.25, 0.3) is 5.57 Å². The van der Waals surface area contributed by atoms with Crippen LogP contribution in [0, 0.1) is 0 Å². The Morgan fingerprint density at radius 1 is 1.20 bits per heavy atom. The Kier molecular flexibility index (Phi) is 9.38. The van der Waals surface area contributed by atoms with Gasteiger partial charge in [-0.1, -0.05) is 19.3 Å². The van der Waals surface area contributed by atoms with E-state index in [4.69, 9.17) is 19.9 Å². The molecule has 35 heavy (non-hydrogen) atoms. The number of halogens is 1. The average Bonchev–Trinajstić information content (AvgIpc) is 3.29. The maximum absolute atomic E-state index is 10.9. The summed E-state index contributed by atoms with van der Waals surface area (Å²) in [4.78, 5) is 19.7. The van der Waals surface area contributed by atoms with E-state index in [0.29, 0.717) is 35.0 Å². The number of aromatic nitrogens is 1. The van der Waals surface area contributed by atoms with Gasteiger partial charge in [0.25, 0.3) is 0 Å². The van der Waals surface area contributed by atoms with Crippen LogP contribution in [-0.2, 0) is 26.9 Å². The second kappa shape index (κ2) is 12.5. The van der Waals surface area contributed by atoms with E-state index in [1.54, 1.807) is 0 Å². The number of benzene rings is 1. The summed E-state index contributed by atoms with van der Waals surface area (Å²) < 4.78 is 29.6. The molecular formula is C25H31IN2O6P-. The van der Waals surface area contributed by atoms with Gasteiger partial charge < -0.3 is 4.74 Å². The molecule has 0 bridgehead atoms. The molecule has 0 radical (unpaired) electrons. The van der Waals surface area contributed by atoms with Crippen LogP contribution < -0.4 is 10.6 Å². The van der Waals surface area contributed by atoms with Crippen molar-refractivity contribution in [1.29, 1.82) is 0 Å². The predicted octanol–water partition coefficient (Wildman–Crippen LogP) is 4.81. The third-order valence-electron chi connectivity index (χ3n) is 5.94. The molecule has 2 heterocycles. The van der Waals surface area contributed by atoms with Gasteiger partial charge in [-0.05, 0) is 12.8 Å². The number of allylic oxidation sites excluding steroid dienone is 4. The van der Waals surface area contributed by atoms with Gasteiger partial charge in [0.2, 0.25) is 0 Å². The first-order valence-electron chi connectivity index (χ1n) is 11.6. The molecule has 1 aliphatic carbocycles. The Hall–Kier alpha value is -1.75. The van der Waals surface area contributed by atoms with E-state index in [-0.39, 0.29) is 4.61 Å². The van der Waals surface area contributed by atoms with E-state index >= 15 is 0 Å². The average molecular weight is 613 g/mol. The van der Waals surface area contributed by atoms with Gasteiger partial charge in [-0.25, -0.2) is 0 Å². The summed E-state index contributed by atoms with van der Waals surface area (Å²) in [6.45, 7) is 0.652. The fourth-order valence-corrected chi connectivity index (χ4v) is 9.00. The van der Waals surface area contributed by atoms with Crippen molar-refractivity contribution in [3.8, 4) is 0 Å². The molecule has 8 nitrogen and oxygen atoms in total. The number of hydrogen-bond acceptors (Lipinski definition) is 7. The van der Waals surface area contributed by atoms with Gasteiger partial charge in [0.05, 0.1) is 12.7 Å². The van der Waals surface area contributed by atoms with Crippen LogP contribution in [-0.4, -0.2) is 25.2 Å². The third kappa shape index (κ3) is 8.41. The van der Waals surface area contributed by atoms with E-state index < -0.39 is 27.6 Å². The number of phosphoric acid groups is 1. The topological polar surface area (TPSA) is 131 Å². The van der Waals surface area contributed by atoms with Gasteiger partial charge in [0, 0.05) is 0 Å². The molecule has 2 aliphatic rings. The summed E-state index contributed by atoms with van der Waals surface area (Å²) in [6, 6.07) is 10.3. The predicted molar refractivity (Wildman–Crippen MR) is 141 cm³/mol. The molecule has 3 N–H and O–H groups in total. The van der Waals surface area contributed by atoms with E-state index in [2.05, 4.69) is 33.9 Å². The van der Waals surface area contributed by atoms with Crippen molar-refractivity contribution in [2.45, 2.75) is 51.2 Å². The van der Waals surface area contributed by atoms with Crippen molar-refractivity contribution in [3.63, 3.8) is 0 Å². The first kappa shape index (κ1) is 26.3. The normalized spacial score (nSPS) is 23.9. The Morgan fingerprint density at radius 2 is 1.94 bits per heavy atom. The van der Waals surface area contributed by atoms with Gasteiger partial charge in [-0.15, -0.1) is 0 Å². The molecule has 1 aromatic carbocycles. The zero-order valence-corrected chi connectivity index (χ0v) is 22.5. The van der Waals surface area contributed by atoms with E-state index in [1.807, 2.05) is 28.4 Å². The molecule has 0 saturated heterocycles. The standard InChI is InChI=1S/C25H32IN2O6P/c27-24-12-14-26(18-33-35(29,30)31)13-4-7-23(24)25-16-21(28-34-25)15-19-8-10-20(11-9-19)17-32-22-5-2-1-3-6-22/h4,7-13,16,22H,1-3,5-6,14-15,17-18,27H2,(H2,29,30,31)/p-1/b13-4-,23-7+,24-12-. The number of nitrogens with zero attached hydrogens (tertiary/aromatic N) is 1. The summed E-state index contributed by atoms with van der Waals surface area (Å²) in [6.07, 6.45) is 12.8. The number of ether oxygens (including phenoxy) is 1. The monoisotopic (exact) mass is 613 g/mol. The van der Waals surface area contributed by atoms with E-state index in [0.717, 1.165) is 16.8 Å². The second-order valence-corrected chi connectivity index (χ2v) is 14.9. The van der Waals surface area contributed by atoms with Crippen molar-refractivity contribution in [2.75, 3.05) is 9.04 Å². The van der Waals surface area contributed by atoms with Gasteiger partial charge in [0.15, 0.2) is 0 Å². The number of nitrogens with two attached hydrogens (primary N) is 1. The Labute approximate surface area is 212 Å². The minimum absolute atomic E-state index is 0.00258. The fraction of sp³-hybridized carbons (Fsp3) is 0.400. The quantitative estimate of drug-likeness (QED) is 0.234. The van der Waals surface area contributed by atoms with Crippen LogP contribution in [0.2, 0.25) is 0 Å². The van der Waals surface area contributed by atoms with Gasteiger partial charge in [-0.3, -0.25) is 0 Å². The van der Waals surface area contributed by atoms with Crippen LogP contribution in [0.5, 0.6) is 0 Å². The SMILES string of the molecule is NC1=C\CI(COP(=O)([O-])O)\C=C/C=C\1c1cc(Cc2ccc(COC3CCCCC3)cc2)no1. The van der Waals surface area contributed by atoms with Gasteiger partial charge >= 0.3 is 164 Å². The molecule has 1 unspecified atom stereocenters. The van der Waals surface area contributed by atoms with E-state index in [9.17, 15) is 9.46 Å². The first-order valence-corrected chi connectivity index (χ1v) is 17.4. The third-order valence-corrected chi connectivity index (χ3v) is 11.0. The molecular weight excluding hydrogens is 582 g/mol. The number of rotatable bonds is 9. The van der Waals surface area contributed by atoms with Crippen LogP contribution in [0.1, 0.15) is 54.7 Å². The van der Waals surface area contributed by atoms with Gasteiger partial charge in [-0.2, -0.15) is 0 Å². The number of hydrogen-bond donors (Lipinski definition) is 2. The Morgan fingerprint density at radius 3 is 2.69 bits per heavy atom. The minimum atomic E-state index is -4.71. The molecule has 1 aliphatic heterocycles. The van der Waals surface area contributed by atoms with Crippen LogP contribution in [0.15, 0.2) is 62.9 Å². The molecule has 0 amide bonds. The maximum atomic E-state index is 10.9. The van der Waals surface area contributed by atoms with Gasteiger partial charge in [0.1, 0.15) is 0 Å². The summed E-state index contributed by atoms with van der Waals surface area (Å²) in [5.74, 6) is 0.578. The number of phosphoric ester groups is 1. The summed E-state index contributed by atoms with van der Waals surface area (Å²) in [5, 5.41) is 4.22. The molecule has 2 aromatic rings. The summed E-state index contributed by atoms with van der Waals surface area (Å²) >= 11 is -1.90. The molecule has 1 saturated carbocycles. The summed E-state index contributed by atoms with van der Waals surface area (Å²) in [7, 11) is -4.71. The molecule has 1 aromatic heterocycles. The zero-order chi connectivity index (χ0) is 24.7. The Bertz CT molecular complexity index is 1120. The fourth-order valence-electron chi connectivity index (χ4n) is 4.04. The second-order valence-electron chi connectivity index (χ2n) is 8.66. The number of alkyl halides is 2. The van der Waals surface area contributed by atoms with Crippen LogP contribution >= 0.6 is 27.6 Å². The molecule has 10 heteroatoms. The molecule has 190 valence electrons. The van der Waals surface area contributed by atoms with Crippen molar-refractivity contribution < 1.29 is 28.1 Å². The van der Waals surface area contributed by atoms with Crippen molar-refractivity contribution in [1.82, 2.24) is 5.16 Å². The van der Waals surface area contributed by atoms with Crippen LogP contribution in [0.4, 0.5) is 0 Å². The van der Waals surface area contributed by atoms with E-state index in [1.165, 1.54) is 37.7 Å². The molecule has 1 atom stereocenters. The molecule has 0 spiro atoms. The van der Waals surface area contributed by atoms with Crippen molar-refractivity contribution in [2.24, 2.45) is 5.73 Å².